The van der Waals surface area contributed by atoms with E-state index in [0.29, 0.717) is 5.92 Å². The van der Waals surface area contributed by atoms with Crippen molar-refractivity contribution in [2.45, 2.75) is 110 Å². The minimum atomic E-state index is -1.02. The van der Waals surface area contributed by atoms with Gasteiger partial charge in [0.15, 0.2) is 0 Å². The van der Waals surface area contributed by atoms with Crippen molar-refractivity contribution < 1.29 is 14.3 Å². The SMILES string of the molecule is CC(C)(C)C(C)(N)C(=O)OC(OC1CCCCC1)C1CCCCC1. The van der Waals surface area contributed by atoms with Gasteiger partial charge in [-0.2, -0.15) is 0 Å². The number of hydrogen-bond acceptors (Lipinski definition) is 4. The Kier molecular flexibility index (Phi) is 6.72. The van der Waals surface area contributed by atoms with Crippen LogP contribution in [0.3, 0.4) is 0 Å². The van der Waals surface area contributed by atoms with Crippen LogP contribution in [0.1, 0.15) is 91.9 Å². The summed E-state index contributed by atoms with van der Waals surface area (Å²) in [6, 6.07) is 0. The molecule has 0 spiro atoms. The van der Waals surface area contributed by atoms with Gasteiger partial charge in [0, 0.05) is 5.92 Å². The van der Waals surface area contributed by atoms with Gasteiger partial charge in [0.25, 0.3) is 0 Å². The summed E-state index contributed by atoms with van der Waals surface area (Å²) in [5, 5.41) is 0. The first-order valence-corrected chi connectivity index (χ1v) is 9.87. The number of carbonyl (C=O) groups excluding carboxylic acids is 1. The molecule has 0 radical (unpaired) electrons. The molecule has 0 aromatic carbocycles. The zero-order chi connectivity index (χ0) is 17.8. The molecule has 4 heteroatoms. The number of rotatable bonds is 5. The quantitative estimate of drug-likeness (QED) is 0.589. The number of hydrogen-bond donors (Lipinski definition) is 1. The first-order chi connectivity index (χ1) is 11.2. The zero-order valence-electron chi connectivity index (χ0n) is 16.1. The second kappa shape index (κ2) is 8.18. The minimum Gasteiger partial charge on any atom is -0.434 e. The monoisotopic (exact) mass is 339 g/mol. The first-order valence-electron chi connectivity index (χ1n) is 9.87. The van der Waals surface area contributed by atoms with Crippen LogP contribution in [0.4, 0.5) is 0 Å². The number of ether oxygens (including phenoxy) is 2. The minimum absolute atomic E-state index is 0.233. The van der Waals surface area contributed by atoms with E-state index in [2.05, 4.69) is 0 Å². The van der Waals surface area contributed by atoms with Crippen LogP contribution in [0.15, 0.2) is 0 Å². The van der Waals surface area contributed by atoms with Crippen LogP contribution < -0.4 is 5.73 Å². The van der Waals surface area contributed by atoms with Crippen LogP contribution in [0.5, 0.6) is 0 Å². The van der Waals surface area contributed by atoms with Gasteiger partial charge in [0.2, 0.25) is 6.29 Å². The summed E-state index contributed by atoms with van der Waals surface area (Å²) >= 11 is 0. The van der Waals surface area contributed by atoms with Gasteiger partial charge in [0.1, 0.15) is 5.54 Å². The van der Waals surface area contributed by atoms with Gasteiger partial charge in [-0.25, -0.2) is 4.79 Å². The van der Waals surface area contributed by atoms with Crippen molar-refractivity contribution in [2.24, 2.45) is 17.1 Å². The standard InChI is InChI=1S/C20H37NO3/c1-19(2,3)20(4,21)18(22)24-17(15-11-7-5-8-12-15)23-16-13-9-6-10-14-16/h15-17H,5-14,21H2,1-4H3. The van der Waals surface area contributed by atoms with Crippen LogP contribution >= 0.6 is 0 Å². The van der Waals surface area contributed by atoms with Crippen molar-refractivity contribution in [1.29, 1.82) is 0 Å². The third-order valence-corrected chi connectivity index (χ3v) is 6.12. The molecule has 140 valence electrons. The molecule has 0 saturated heterocycles. The summed E-state index contributed by atoms with van der Waals surface area (Å²) in [5.74, 6) is -0.0122. The second-order valence-corrected chi connectivity index (χ2v) is 9.02. The Labute approximate surface area is 147 Å². The van der Waals surface area contributed by atoms with E-state index in [4.69, 9.17) is 15.2 Å². The Morgan fingerprint density at radius 1 is 0.917 bits per heavy atom. The lowest BCUT2D eigenvalue weighted by molar-refractivity contribution is -0.218. The fourth-order valence-electron chi connectivity index (χ4n) is 3.57. The van der Waals surface area contributed by atoms with E-state index >= 15 is 0 Å². The maximum atomic E-state index is 12.8. The topological polar surface area (TPSA) is 61.6 Å². The third-order valence-electron chi connectivity index (χ3n) is 6.12. The smallest absolute Gasteiger partial charge is 0.328 e. The van der Waals surface area contributed by atoms with E-state index in [1.807, 2.05) is 20.8 Å². The van der Waals surface area contributed by atoms with E-state index in [9.17, 15) is 4.79 Å². The number of carbonyl (C=O) groups is 1. The Morgan fingerprint density at radius 3 is 1.92 bits per heavy atom. The molecule has 2 aliphatic carbocycles. The van der Waals surface area contributed by atoms with Gasteiger partial charge in [-0.3, -0.25) is 0 Å². The normalized spacial score (nSPS) is 25.0. The fourth-order valence-corrected chi connectivity index (χ4v) is 3.57. The van der Waals surface area contributed by atoms with E-state index in [1.54, 1.807) is 6.92 Å². The van der Waals surface area contributed by atoms with Crippen molar-refractivity contribution in [3.05, 3.63) is 0 Å². The van der Waals surface area contributed by atoms with Gasteiger partial charge in [-0.1, -0.05) is 59.3 Å². The highest BCUT2D eigenvalue weighted by atomic mass is 16.7. The van der Waals surface area contributed by atoms with Gasteiger partial charge < -0.3 is 15.2 Å². The maximum Gasteiger partial charge on any atom is 0.328 e. The van der Waals surface area contributed by atoms with Gasteiger partial charge in [-0.05, 0) is 38.0 Å². The van der Waals surface area contributed by atoms with Crippen molar-refractivity contribution in [1.82, 2.24) is 0 Å². The van der Waals surface area contributed by atoms with E-state index in [-0.39, 0.29) is 17.5 Å². The molecule has 2 saturated carbocycles. The van der Waals surface area contributed by atoms with Crippen molar-refractivity contribution in [3.8, 4) is 0 Å². The van der Waals surface area contributed by atoms with Crippen LogP contribution in [-0.4, -0.2) is 23.9 Å². The largest absolute Gasteiger partial charge is 0.434 e. The predicted molar refractivity (Wildman–Crippen MR) is 96.5 cm³/mol. The third kappa shape index (κ3) is 4.95. The molecule has 24 heavy (non-hydrogen) atoms. The second-order valence-electron chi connectivity index (χ2n) is 9.02. The number of nitrogens with two attached hydrogens (primary N) is 1. The van der Waals surface area contributed by atoms with Gasteiger partial charge in [0.05, 0.1) is 6.10 Å². The molecule has 2 aliphatic rings. The lowest BCUT2D eigenvalue weighted by atomic mass is 9.75. The molecular formula is C20H37NO3. The summed E-state index contributed by atoms with van der Waals surface area (Å²) in [6.07, 6.45) is 11.5. The van der Waals surface area contributed by atoms with E-state index in [0.717, 1.165) is 25.7 Å². The summed E-state index contributed by atoms with van der Waals surface area (Å²) in [7, 11) is 0. The van der Waals surface area contributed by atoms with Crippen LogP contribution in [0.2, 0.25) is 0 Å². The first kappa shape index (κ1) is 19.7. The van der Waals surface area contributed by atoms with Gasteiger partial charge in [-0.15, -0.1) is 0 Å². The number of esters is 1. The van der Waals surface area contributed by atoms with Crippen LogP contribution in [-0.2, 0) is 14.3 Å². The molecule has 2 rings (SSSR count). The van der Waals surface area contributed by atoms with Crippen molar-refractivity contribution >= 4 is 5.97 Å². The summed E-state index contributed by atoms with van der Waals surface area (Å²) in [4.78, 5) is 12.8. The fraction of sp³-hybridized carbons (Fsp3) is 0.950. The maximum absolute atomic E-state index is 12.8. The molecule has 0 aromatic heterocycles. The zero-order valence-corrected chi connectivity index (χ0v) is 16.1. The molecule has 2 N–H and O–H groups in total. The molecule has 0 aromatic rings. The van der Waals surface area contributed by atoms with Gasteiger partial charge >= 0.3 is 5.97 Å². The Hall–Kier alpha value is -0.610. The summed E-state index contributed by atoms with van der Waals surface area (Å²) in [5.41, 5.74) is 4.95. The molecule has 2 fully saturated rings. The molecule has 0 amide bonds. The Morgan fingerprint density at radius 2 is 1.42 bits per heavy atom. The lowest BCUT2D eigenvalue weighted by Crippen LogP contribution is -2.57. The van der Waals surface area contributed by atoms with Crippen LogP contribution in [0.25, 0.3) is 0 Å². The average molecular weight is 340 g/mol. The molecule has 2 unspecified atom stereocenters. The van der Waals surface area contributed by atoms with Crippen molar-refractivity contribution in [2.75, 3.05) is 0 Å². The molecular weight excluding hydrogens is 302 g/mol. The van der Waals surface area contributed by atoms with E-state index in [1.165, 1.54) is 38.5 Å². The highest BCUT2D eigenvalue weighted by Crippen LogP contribution is 2.34. The average Bonchev–Trinajstić information content (AvgIpc) is 2.55. The predicted octanol–water partition coefficient (Wildman–Crippen LogP) is 4.55. The molecule has 0 aliphatic heterocycles. The highest BCUT2D eigenvalue weighted by Gasteiger charge is 2.44. The Bertz CT molecular complexity index is 402. The Balaban J connectivity index is 2.05. The summed E-state index contributed by atoms with van der Waals surface area (Å²) in [6.45, 7) is 7.71. The van der Waals surface area contributed by atoms with E-state index < -0.39 is 11.8 Å². The lowest BCUT2D eigenvalue weighted by Gasteiger charge is -2.39. The molecule has 2 atom stereocenters. The highest BCUT2D eigenvalue weighted by molar-refractivity contribution is 5.81. The van der Waals surface area contributed by atoms with Crippen molar-refractivity contribution in [3.63, 3.8) is 0 Å². The molecule has 4 nitrogen and oxygen atoms in total. The molecule has 0 bridgehead atoms. The van der Waals surface area contributed by atoms with Crippen LogP contribution in [0, 0.1) is 11.3 Å². The molecule has 0 heterocycles. The summed E-state index contributed by atoms with van der Waals surface area (Å²) < 4.78 is 12.2.